The molecule has 2 aromatic carbocycles. The largest absolute Gasteiger partial charge is 0.493 e. The molecule has 7 nitrogen and oxygen atoms in total. The predicted octanol–water partition coefficient (Wildman–Crippen LogP) is 6.32. The number of nitrogens with zero attached hydrogens (tertiary/aromatic N) is 3. The van der Waals surface area contributed by atoms with Gasteiger partial charge in [0.25, 0.3) is 0 Å². The molecule has 0 fully saturated rings. The standard InChI is InChI=1S/C26H26Cl2N4O3/c1-5-35-20-9-6-14(10-21(20)34-4)23-22-18(12-26(2,3)13-19(22)33)29-25-30-24(31-32(23)25)16-8-7-15(27)11-17(16)28/h6-11,23H,5,12-13H2,1-4H3,(H,29,30,31). The van der Waals surface area contributed by atoms with E-state index < -0.39 is 6.04 Å². The lowest BCUT2D eigenvalue weighted by Gasteiger charge is -2.38. The highest BCUT2D eigenvalue weighted by Gasteiger charge is 2.42. The number of methoxy groups -OCH3 is 1. The van der Waals surface area contributed by atoms with E-state index in [1.807, 2.05) is 25.1 Å². The highest BCUT2D eigenvalue weighted by atomic mass is 35.5. The summed E-state index contributed by atoms with van der Waals surface area (Å²) in [6, 6.07) is 10.5. The summed E-state index contributed by atoms with van der Waals surface area (Å²) in [5.74, 6) is 2.33. The highest BCUT2D eigenvalue weighted by molar-refractivity contribution is 6.36. The summed E-state index contributed by atoms with van der Waals surface area (Å²) in [7, 11) is 1.60. The van der Waals surface area contributed by atoms with Gasteiger partial charge in [-0.05, 0) is 54.7 Å². The van der Waals surface area contributed by atoms with Crippen LogP contribution in [0.3, 0.4) is 0 Å². The summed E-state index contributed by atoms with van der Waals surface area (Å²) < 4.78 is 13.1. The molecular formula is C26H26Cl2N4O3. The quantitative estimate of drug-likeness (QED) is 0.431. The minimum absolute atomic E-state index is 0.0915. The summed E-state index contributed by atoms with van der Waals surface area (Å²) in [6.45, 7) is 6.64. The molecule has 35 heavy (non-hydrogen) atoms. The van der Waals surface area contributed by atoms with Crippen LogP contribution >= 0.6 is 23.2 Å². The predicted molar refractivity (Wildman–Crippen MR) is 136 cm³/mol. The normalized spacial score (nSPS) is 18.6. The van der Waals surface area contributed by atoms with Gasteiger partial charge in [0, 0.05) is 28.3 Å². The van der Waals surface area contributed by atoms with Crippen molar-refractivity contribution < 1.29 is 14.3 Å². The van der Waals surface area contributed by atoms with Crippen molar-refractivity contribution in [2.75, 3.05) is 19.0 Å². The maximum absolute atomic E-state index is 13.5. The van der Waals surface area contributed by atoms with Gasteiger partial charge in [0.05, 0.1) is 18.7 Å². The number of carbonyl (C=O) groups is 1. The molecular weight excluding hydrogens is 487 g/mol. The Hall–Kier alpha value is -3.03. The third kappa shape index (κ3) is 4.28. The number of ether oxygens (including phenoxy) is 2. The van der Waals surface area contributed by atoms with E-state index in [1.54, 1.807) is 30.0 Å². The SMILES string of the molecule is CCOc1ccc(C2C3=C(CC(C)(C)CC3=O)Nc3nc(-c4ccc(Cl)cc4Cl)nn32)cc1OC. The molecule has 182 valence electrons. The van der Waals surface area contributed by atoms with Crippen molar-refractivity contribution in [3.8, 4) is 22.9 Å². The summed E-state index contributed by atoms with van der Waals surface area (Å²) in [6.07, 6.45) is 1.18. The van der Waals surface area contributed by atoms with Crippen LogP contribution in [-0.2, 0) is 4.79 Å². The molecule has 1 aromatic heterocycles. The molecule has 9 heteroatoms. The third-order valence-corrected chi connectivity index (χ3v) is 6.86. The van der Waals surface area contributed by atoms with Gasteiger partial charge in [-0.3, -0.25) is 4.79 Å². The number of Topliss-reactive ketones (excluding diaryl/α,β-unsaturated/α-hetero) is 1. The maximum atomic E-state index is 13.5. The van der Waals surface area contributed by atoms with Gasteiger partial charge in [-0.2, -0.15) is 4.98 Å². The lowest BCUT2D eigenvalue weighted by Crippen LogP contribution is -2.36. The fourth-order valence-electron chi connectivity index (χ4n) is 4.83. The van der Waals surface area contributed by atoms with Gasteiger partial charge in [-0.25, -0.2) is 4.68 Å². The number of hydrogen-bond acceptors (Lipinski definition) is 6. The minimum Gasteiger partial charge on any atom is -0.493 e. The van der Waals surface area contributed by atoms with Gasteiger partial charge in [0.15, 0.2) is 23.1 Å². The van der Waals surface area contributed by atoms with Crippen molar-refractivity contribution in [1.82, 2.24) is 14.8 Å². The molecule has 1 atom stereocenters. The maximum Gasteiger partial charge on any atom is 0.226 e. The molecule has 1 unspecified atom stereocenters. The molecule has 0 spiro atoms. The Morgan fingerprint density at radius 3 is 2.66 bits per heavy atom. The fourth-order valence-corrected chi connectivity index (χ4v) is 5.32. The van der Waals surface area contributed by atoms with Crippen LogP contribution in [0.25, 0.3) is 11.4 Å². The number of rotatable bonds is 5. The Bertz CT molecular complexity index is 1360. The van der Waals surface area contributed by atoms with Crippen molar-refractivity contribution in [3.05, 3.63) is 63.3 Å². The van der Waals surface area contributed by atoms with Crippen LogP contribution < -0.4 is 14.8 Å². The molecule has 0 bridgehead atoms. The van der Waals surface area contributed by atoms with Crippen LogP contribution in [0, 0.1) is 5.41 Å². The number of halogens is 2. The number of anilines is 1. The summed E-state index contributed by atoms with van der Waals surface area (Å²) >= 11 is 12.5. The van der Waals surface area contributed by atoms with E-state index >= 15 is 0 Å². The first kappa shape index (κ1) is 23.7. The number of ketones is 1. The molecule has 0 saturated heterocycles. The molecule has 2 heterocycles. The van der Waals surface area contributed by atoms with E-state index in [1.165, 1.54) is 0 Å². The Kier molecular flexibility index (Phi) is 6.01. The van der Waals surface area contributed by atoms with E-state index in [4.69, 9.17) is 42.8 Å². The molecule has 0 amide bonds. The average molecular weight is 513 g/mol. The zero-order valence-corrected chi connectivity index (χ0v) is 21.5. The van der Waals surface area contributed by atoms with Crippen LogP contribution in [0.15, 0.2) is 47.7 Å². The number of hydrogen-bond donors (Lipinski definition) is 1. The molecule has 1 N–H and O–H groups in total. The zero-order chi connectivity index (χ0) is 24.9. The molecule has 0 saturated carbocycles. The van der Waals surface area contributed by atoms with E-state index in [0.717, 1.165) is 17.7 Å². The summed E-state index contributed by atoms with van der Waals surface area (Å²) in [5, 5.41) is 9.18. The van der Waals surface area contributed by atoms with E-state index in [-0.39, 0.29) is 11.2 Å². The smallest absolute Gasteiger partial charge is 0.226 e. The highest BCUT2D eigenvalue weighted by Crippen LogP contribution is 2.47. The van der Waals surface area contributed by atoms with E-state index in [2.05, 4.69) is 19.2 Å². The van der Waals surface area contributed by atoms with Gasteiger partial charge >= 0.3 is 0 Å². The number of benzene rings is 2. The zero-order valence-electron chi connectivity index (χ0n) is 20.0. The Morgan fingerprint density at radius 1 is 1.14 bits per heavy atom. The van der Waals surface area contributed by atoms with Crippen molar-refractivity contribution in [1.29, 1.82) is 0 Å². The number of aromatic nitrogens is 3. The molecule has 3 aromatic rings. The summed E-state index contributed by atoms with van der Waals surface area (Å²) in [5.41, 5.74) is 2.92. The molecule has 1 aliphatic carbocycles. The molecule has 0 radical (unpaired) electrons. The lowest BCUT2D eigenvalue weighted by atomic mass is 9.73. The monoisotopic (exact) mass is 512 g/mol. The second-order valence-corrected chi connectivity index (χ2v) is 10.4. The topological polar surface area (TPSA) is 78.3 Å². The van der Waals surface area contributed by atoms with Crippen LogP contribution in [0.5, 0.6) is 11.5 Å². The number of fused-ring (bicyclic) bond motifs is 1. The van der Waals surface area contributed by atoms with Gasteiger partial charge in [0.1, 0.15) is 6.04 Å². The van der Waals surface area contributed by atoms with E-state index in [9.17, 15) is 4.79 Å². The average Bonchev–Trinajstić information content (AvgIpc) is 3.20. The number of allylic oxidation sites excluding steroid dienone is 2. The van der Waals surface area contributed by atoms with Gasteiger partial charge in [-0.1, -0.05) is 43.1 Å². The van der Waals surface area contributed by atoms with Crippen LogP contribution in [-0.4, -0.2) is 34.3 Å². The first-order valence-corrected chi connectivity index (χ1v) is 12.2. The third-order valence-electron chi connectivity index (χ3n) is 6.31. The molecule has 1 aliphatic heterocycles. The van der Waals surface area contributed by atoms with E-state index in [0.29, 0.717) is 57.5 Å². The fraction of sp³-hybridized carbons (Fsp3) is 0.346. The Morgan fingerprint density at radius 2 is 1.94 bits per heavy atom. The van der Waals surface area contributed by atoms with Crippen molar-refractivity contribution in [2.45, 2.75) is 39.7 Å². The second kappa shape index (κ2) is 8.88. The molecule has 2 aliphatic rings. The second-order valence-electron chi connectivity index (χ2n) is 9.53. The van der Waals surface area contributed by atoms with Crippen LogP contribution in [0.4, 0.5) is 5.95 Å². The lowest BCUT2D eigenvalue weighted by molar-refractivity contribution is -0.118. The van der Waals surface area contributed by atoms with Gasteiger partial charge < -0.3 is 14.8 Å². The van der Waals surface area contributed by atoms with Crippen molar-refractivity contribution >= 4 is 34.9 Å². The minimum atomic E-state index is -0.471. The first-order valence-electron chi connectivity index (χ1n) is 11.5. The van der Waals surface area contributed by atoms with Crippen LogP contribution in [0.1, 0.15) is 45.2 Å². The number of nitrogens with one attached hydrogen (secondary N) is 1. The number of carbonyl (C=O) groups excluding carboxylic acids is 1. The van der Waals surface area contributed by atoms with Crippen LogP contribution in [0.2, 0.25) is 10.0 Å². The molecule has 5 rings (SSSR count). The van der Waals surface area contributed by atoms with Crippen molar-refractivity contribution in [2.24, 2.45) is 5.41 Å². The van der Waals surface area contributed by atoms with Crippen molar-refractivity contribution in [3.63, 3.8) is 0 Å². The first-order chi connectivity index (χ1) is 16.7. The Balaban J connectivity index is 1.68. The van der Waals surface area contributed by atoms with Gasteiger partial charge in [-0.15, -0.1) is 5.10 Å². The summed E-state index contributed by atoms with van der Waals surface area (Å²) in [4.78, 5) is 18.2. The van der Waals surface area contributed by atoms with Gasteiger partial charge in [0.2, 0.25) is 5.95 Å². The Labute approximate surface area is 214 Å².